The van der Waals surface area contributed by atoms with Gasteiger partial charge in [0.05, 0.1) is 12.0 Å². The summed E-state index contributed by atoms with van der Waals surface area (Å²) in [6.45, 7) is 1.12. The van der Waals surface area contributed by atoms with Gasteiger partial charge in [-0.15, -0.1) is 0 Å². The van der Waals surface area contributed by atoms with Crippen LogP contribution >= 0.6 is 0 Å². The van der Waals surface area contributed by atoms with Gasteiger partial charge in [0.1, 0.15) is 11.3 Å². The lowest BCUT2D eigenvalue weighted by molar-refractivity contribution is -0.387. The van der Waals surface area contributed by atoms with E-state index >= 15 is 0 Å². The van der Waals surface area contributed by atoms with Gasteiger partial charge < -0.3 is 4.74 Å². The second-order valence-electron chi connectivity index (χ2n) is 2.79. The zero-order chi connectivity index (χ0) is 11.6. The highest BCUT2D eigenvalue weighted by Crippen LogP contribution is 2.31. The Morgan fingerprint density at radius 2 is 2.13 bits per heavy atom. The van der Waals surface area contributed by atoms with Crippen LogP contribution in [0.25, 0.3) is 0 Å². The van der Waals surface area contributed by atoms with Crippen molar-refractivity contribution in [1.29, 1.82) is 0 Å². The number of halogens is 1. The van der Waals surface area contributed by atoms with E-state index < -0.39 is 22.2 Å². The second kappa shape index (κ2) is 4.04. The number of ether oxygens (including phenoxy) is 1. The summed E-state index contributed by atoms with van der Waals surface area (Å²) in [5.74, 6) is -1.67. The molecule has 1 rings (SSSR count). The molecule has 0 amide bonds. The van der Waals surface area contributed by atoms with Crippen molar-refractivity contribution >= 4 is 11.5 Å². The van der Waals surface area contributed by atoms with Crippen molar-refractivity contribution in [1.82, 2.24) is 0 Å². The minimum atomic E-state index is -1.05. The molecule has 0 radical (unpaired) electrons. The van der Waals surface area contributed by atoms with Gasteiger partial charge in [-0.2, -0.15) is 4.39 Å². The fourth-order valence-electron chi connectivity index (χ4n) is 1.24. The van der Waals surface area contributed by atoms with Gasteiger partial charge in [-0.05, 0) is 19.1 Å². The van der Waals surface area contributed by atoms with E-state index in [0.29, 0.717) is 0 Å². The van der Waals surface area contributed by atoms with Crippen LogP contribution in [0, 0.1) is 15.9 Å². The SMILES string of the molecule is COc1ccc(F)c([N+](=O)[O-])c1C(C)=O. The summed E-state index contributed by atoms with van der Waals surface area (Å²) in [6.07, 6.45) is 0. The molecule has 0 aromatic heterocycles. The number of rotatable bonds is 3. The molecule has 1 aromatic carbocycles. The molecule has 1 aromatic rings. The number of ketones is 1. The van der Waals surface area contributed by atoms with E-state index in [1.807, 2.05) is 0 Å². The number of hydrogen-bond acceptors (Lipinski definition) is 4. The lowest BCUT2D eigenvalue weighted by Crippen LogP contribution is -2.05. The number of carbonyl (C=O) groups excluding carboxylic acids is 1. The normalized spacial score (nSPS) is 9.80. The maximum Gasteiger partial charge on any atom is 0.319 e. The highest BCUT2D eigenvalue weighted by Gasteiger charge is 2.27. The fraction of sp³-hybridized carbons (Fsp3) is 0.222. The first-order valence-corrected chi connectivity index (χ1v) is 4.00. The molecule has 0 unspecified atom stereocenters. The quantitative estimate of drug-likeness (QED) is 0.437. The summed E-state index contributed by atoms with van der Waals surface area (Å²) < 4.78 is 17.9. The minimum absolute atomic E-state index is 0.00407. The number of carbonyl (C=O) groups is 1. The summed E-state index contributed by atoms with van der Waals surface area (Å²) in [5.41, 5.74) is -1.19. The van der Waals surface area contributed by atoms with Gasteiger partial charge in [-0.3, -0.25) is 14.9 Å². The van der Waals surface area contributed by atoms with Crippen LogP contribution in [-0.4, -0.2) is 17.8 Å². The van der Waals surface area contributed by atoms with E-state index in [9.17, 15) is 19.3 Å². The molecule has 0 saturated heterocycles. The molecule has 0 aliphatic carbocycles. The number of nitro benzene ring substituents is 1. The Morgan fingerprint density at radius 1 is 1.53 bits per heavy atom. The molecule has 0 aliphatic rings. The molecule has 0 N–H and O–H groups in total. The smallest absolute Gasteiger partial charge is 0.319 e. The zero-order valence-corrected chi connectivity index (χ0v) is 8.11. The first-order valence-electron chi connectivity index (χ1n) is 4.00. The standard InChI is InChI=1S/C9H8FNO4/c1-5(12)8-7(15-2)4-3-6(10)9(8)11(13)14/h3-4H,1-2H3. The third-order valence-electron chi connectivity index (χ3n) is 1.85. The number of nitro groups is 1. The largest absolute Gasteiger partial charge is 0.496 e. The molecule has 0 aliphatic heterocycles. The van der Waals surface area contributed by atoms with E-state index in [0.717, 1.165) is 13.0 Å². The van der Waals surface area contributed by atoms with Crippen molar-refractivity contribution in [2.24, 2.45) is 0 Å². The van der Waals surface area contributed by atoms with Crippen molar-refractivity contribution < 1.29 is 18.8 Å². The first-order chi connectivity index (χ1) is 6.99. The molecule has 0 fully saturated rings. The molecule has 0 bridgehead atoms. The average Bonchev–Trinajstić information content (AvgIpc) is 2.16. The lowest BCUT2D eigenvalue weighted by atomic mass is 10.1. The van der Waals surface area contributed by atoms with E-state index in [1.165, 1.54) is 13.2 Å². The van der Waals surface area contributed by atoms with Crippen molar-refractivity contribution in [2.75, 3.05) is 7.11 Å². The van der Waals surface area contributed by atoms with E-state index in [4.69, 9.17) is 4.74 Å². The van der Waals surface area contributed by atoms with Crippen LogP contribution in [0.15, 0.2) is 12.1 Å². The summed E-state index contributed by atoms with van der Waals surface area (Å²) in [4.78, 5) is 20.8. The Hall–Kier alpha value is -1.98. The van der Waals surface area contributed by atoms with E-state index in [-0.39, 0.29) is 11.3 Å². The van der Waals surface area contributed by atoms with Crippen LogP contribution in [0.5, 0.6) is 5.75 Å². The monoisotopic (exact) mass is 213 g/mol. The van der Waals surface area contributed by atoms with Crippen molar-refractivity contribution in [2.45, 2.75) is 6.92 Å². The van der Waals surface area contributed by atoms with Crippen LogP contribution in [-0.2, 0) is 0 Å². The molecule has 6 heteroatoms. The van der Waals surface area contributed by atoms with Gasteiger partial charge >= 0.3 is 5.69 Å². The lowest BCUT2D eigenvalue weighted by Gasteiger charge is -2.06. The Bertz CT molecular complexity index is 430. The molecule has 0 saturated carbocycles. The summed E-state index contributed by atoms with van der Waals surface area (Å²) in [7, 11) is 1.25. The third-order valence-corrected chi connectivity index (χ3v) is 1.85. The first kappa shape index (κ1) is 11.1. The maximum atomic E-state index is 13.1. The summed E-state index contributed by atoms with van der Waals surface area (Å²) in [5, 5.41) is 10.6. The molecule has 80 valence electrons. The third kappa shape index (κ3) is 1.93. The van der Waals surface area contributed by atoms with Gasteiger partial charge in [-0.1, -0.05) is 0 Å². The highest BCUT2D eigenvalue weighted by atomic mass is 19.1. The van der Waals surface area contributed by atoms with E-state index in [1.54, 1.807) is 0 Å². The van der Waals surface area contributed by atoms with Crippen LogP contribution < -0.4 is 4.74 Å². The highest BCUT2D eigenvalue weighted by molar-refractivity contribution is 6.00. The van der Waals surface area contributed by atoms with Gasteiger partial charge in [0, 0.05) is 0 Å². The van der Waals surface area contributed by atoms with Gasteiger partial charge in [0.2, 0.25) is 5.82 Å². The van der Waals surface area contributed by atoms with Crippen molar-refractivity contribution in [3.8, 4) is 5.75 Å². The number of benzene rings is 1. The average molecular weight is 213 g/mol. The van der Waals surface area contributed by atoms with Gasteiger partial charge in [0.15, 0.2) is 5.78 Å². The Balaban J connectivity index is 3.58. The molecule has 0 spiro atoms. The zero-order valence-electron chi connectivity index (χ0n) is 8.11. The van der Waals surface area contributed by atoms with Crippen molar-refractivity contribution in [3.05, 3.63) is 33.6 Å². The topological polar surface area (TPSA) is 69.4 Å². The maximum absolute atomic E-state index is 13.1. The molecule has 5 nitrogen and oxygen atoms in total. The Kier molecular flexibility index (Phi) is 2.99. The number of hydrogen-bond donors (Lipinski definition) is 0. The second-order valence-corrected chi connectivity index (χ2v) is 2.79. The fourth-order valence-corrected chi connectivity index (χ4v) is 1.24. The van der Waals surface area contributed by atoms with Crippen molar-refractivity contribution in [3.63, 3.8) is 0 Å². The number of nitrogens with zero attached hydrogens (tertiary/aromatic N) is 1. The molecule has 0 atom stereocenters. The predicted octanol–water partition coefficient (Wildman–Crippen LogP) is 1.95. The van der Waals surface area contributed by atoms with Gasteiger partial charge in [0.25, 0.3) is 0 Å². The predicted molar refractivity (Wildman–Crippen MR) is 49.6 cm³/mol. The number of Topliss-reactive ketones (excluding diaryl/α,β-unsaturated/α-hetero) is 1. The Labute approximate surface area is 84.6 Å². The van der Waals surface area contributed by atoms with Gasteiger partial charge in [-0.25, -0.2) is 0 Å². The minimum Gasteiger partial charge on any atom is -0.496 e. The molecular formula is C9H8FNO4. The van der Waals surface area contributed by atoms with E-state index in [2.05, 4.69) is 0 Å². The summed E-state index contributed by atoms with van der Waals surface area (Å²) >= 11 is 0. The molecule has 15 heavy (non-hydrogen) atoms. The van der Waals surface area contributed by atoms with Crippen LogP contribution in [0.3, 0.4) is 0 Å². The van der Waals surface area contributed by atoms with Crippen LogP contribution in [0.1, 0.15) is 17.3 Å². The van der Waals surface area contributed by atoms with Crippen LogP contribution in [0.2, 0.25) is 0 Å². The molecule has 0 heterocycles. The molecular weight excluding hydrogens is 205 g/mol. The summed E-state index contributed by atoms with van der Waals surface area (Å²) in [6, 6.07) is 2.07. The number of methoxy groups -OCH3 is 1. The Morgan fingerprint density at radius 3 is 2.53 bits per heavy atom. The van der Waals surface area contributed by atoms with Crippen LogP contribution in [0.4, 0.5) is 10.1 Å².